The monoisotopic (exact) mass is 324 g/mol. The van der Waals surface area contributed by atoms with E-state index >= 15 is 0 Å². The fourth-order valence-corrected chi connectivity index (χ4v) is 2.43. The molecule has 0 unspecified atom stereocenters. The summed E-state index contributed by atoms with van der Waals surface area (Å²) in [6.45, 7) is -0.547. The zero-order chi connectivity index (χ0) is 16.7. The van der Waals surface area contributed by atoms with E-state index in [1.165, 1.54) is 0 Å². The van der Waals surface area contributed by atoms with Crippen LogP contribution < -0.4 is 11.3 Å². The van der Waals surface area contributed by atoms with E-state index in [1.807, 2.05) is 0 Å². The van der Waals surface area contributed by atoms with Crippen molar-refractivity contribution >= 4 is 23.1 Å². The minimum absolute atomic E-state index is 0.0940. The number of hydrogen-bond acceptors (Lipinski definition) is 9. The summed E-state index contributed by atoms with van der Waals surface area (Å²) in [4.78, 5) is 24.4. The molecule has 0 aromatic carbocycles. The third-order valence-corrected chi connectivity index (χ3v) is 3.46. The second-order valence-corrected chi connectivity index (χ2v) is 4.82. The minimum atomic E-state index is -1.47. The van der Waals surface area contributed by atoms with Gasteiger partial charge in [0.2, 0.25) is 11.9 Å². The summed E-state index contributed by atoms with van der Waals surface area (Å²) in [5.41, 5.74) is 13.2. The maximum Gasteiger partial charge on any atom is 0.280 e. The summed E-state index contributed by atoms with van der Waals surface area (Å²) in [6.07, 6.45) is -5.20. The van der Waals surface area contributed by atoms with Gasteiger partial charge in [-0.05, 0) is 10.6 Å². The van der Waals surface area contributed by atoms with Crippen molar-refractivity contribution < 1.29 is 20.1 Å². The Hall–Kier alpha value is -2.70. The number of rotatable bonds is 3. The van der Waals surface area contributed by atoms with Gasteiger partial charge in [-0.1, -0.05) is 0 Å². The van der Waals surface area contributed by atoms with Crippen LogP contribution in [0.5, 0.6) is 0 Å². The Morgan fingerprint density at radius 1 is 1.43 bits per heavy atom. The lowest BCUT2D eigenvalue weighted by molar-refractivity contribution is -0.0502. The van der Waals surface area contributed by atoms with Gasteiger partial charge in [-0.15, -0.1) is 0 Å². The number of aliphatic hydroxyl groups is 3. The lowest BCUT2D eigenvalue weighted by Gasteiger charge is -2.17. The predicted molar refractivity (Wildman–Crippen MR) is 74.4 cm³/mol. The van der Waals surface area contributed by atoms with Crippen LogP contribution >= 0.6 is 0 Å². The van der Waals surface area contributed by atoms with E-state index in [0.717, 1.165) is 4.57 Å². The van der Waals surface area contributed by atoms with Crippen LogP contribution in [0, 0.1) is 0 Å². The number of aromatic nitrogens is 4. The second kappa shape index (κ2) is 5.49. The molecule has 1 aliphatic heterocycles. The molecule has 6 N–H and O–H groups in total. The number of azide groups is 1. The zero-order valence-electron chi connectivity index (χ0n) is 11.4. The number of anilines is 1. The third-order valence-electron chi connectivity index (χ3n) is 3.46. The lowest BCUT2D eigenvalue weighted by atomic mass is 10.1. The van der Waals surface area contributed by atoms with E-state index in [9.17, 15) is 15.0 Å². The molecule has 0 bridgehead atoms. The Morgan fingerprint density at radius 2 is 2.17 bits per heavy atom. The molecule has 1 fully saturated rings. The first kappa shape index (κ1) is 15.2. The molecule has 2 aromatic rings. The van der Waals surface area contributed by atoms with E-state index < -0.39 is 36.7 Å². The highest BCUT2D eigenvalue weighted by molar-refractivity contribution is 5.74. The van der Waals surface area contributed by atoms with Crippen molar-refractivity contribution in [2.75, 3.05) is 12.3 Å². The maximum absolute atomic E-state index is 11.9. The standard InChI is InChI=1S/C10H12N8O5/c11-9-14-6-3(7(22)15-9)13-10(16-17-12)18(6)8-5(21)4(20)2(1-19)23-8/h2,4-5,8,19-21H,1H2,(H3,11,14,15,22)/t2-,4-,5-,8-/m1/s1. The molecule has 13 nitrogen and oxygen atoms in total. The topological polar surface area (TPSA) is 208 Å². The number of nitrogens with one attached hydrogen (secondary N) is 1. The zero-order valence-corrected chi connectivity index (χ0v) is 11.4. The molecule has 3 rings (SSSR count). The van der Waals surface area contributed by atoms with Gasteiger partial charge in [0.25, 0.3) is 5.56 Å². The molecule has 122 valence electrons. The highest BCUT2D eigenvalue weighted by Gasteiger charge is 2.44. The van der Waals surface area contributed by atoms with Crippen molar-refractivity contribution in [2.24, 2.45) is 5.11 Å². The van der Waals surface area contributed by atoms with Gasteiger partial charge in [0, 0.05) is 4.91 Å². The van der Waals surface area contributed by atoms with Crippen molar-refractivity contribution in [1.82, 2.24) is 19.5 Å². The SMILES string of the molecule is [N-]=[N+]=Nc1nc2c(=O)[nH]c(N)nc2n1[C@@H]1O[C@H](CO)[C@@H](O)[C@H]1O. The van der Waals surface area contributed by atoms with Crippen LogP contribution in [-0.2, 0) is 4.74 Å². The van der Waals surface area contributed by atoms with Gasteiger partial charge >= 0.3 is 0 Å². The van der Waals surface area contributed by atoms with Gasteiger partial charge in [0.05, 0.1) is 6.61 Å². The largest absolute Gasteiger partial charge is 0.394 e. The minimum Gasteiger partial charge on any atom is -0.394 e. The number of ether oxygens (including phenoxy) is 1. The van der Waals surface area contributed by atoms with E-state index in [2.05, 4.69) is 25.0 Å². The quantitative estimate of drug-likeness (QED) is 0.248. The molecular formula is C10H12N8O5. The fourth-order valence-electron chi connectivity index (χ4n) is 2.43. The Morgan fingerprint density at radius 3 is 2.78 bits per heavy atom. The third kappa shape index (κ3) is 2.28. The predicted octanol–water partition coefficient (Wildman–Crippen LogP) is -1.74. The van der Waals surface area contributed by atoms with Crippen molar-refractivity contribution in [2.45, 2.75) is 24.5 Å². The molecule has 2 aromatic heterocycles. The van der Waals surface area contributed by atoms with Crippen molar-refractivity contribution in [3.05, 3.63) is 20.8 Å². The van der Waals surface area contributed by atoms with Crippen LogP contribution in [0.4, 0.5) is 11.9 Å². The molecule has 1 saturated heterocycles. The first-order chi connectivity index (χ1) is 11.0. The second-order valence-electron chi connectivity index (χ2n) is 4.82. The number of hydrogen-bond donors (Lipinski definition) is 5. The van der Waals surface area contributed by atoms with Gasteiger partial charge < -0.3 is 25.8 Å². The summed E-state index contributed by atoms with van der Waals surface area (Å²) in [5, 5.41) is 32.4. The highest BCUT2D eigenvalue weighted by atomic mass is 16.6. The Labute approximate surface area is 126 Å². The molecule has 0 saturated carbocycles. The lowest BCUT2D eigenvalue weighted by Crippen LogP contribution is -2.33. The van der Waals surface area contributed by atoms with E-state index in [4.69, 9.17) is 21.1 Å². The Bertz CT molecular complexity index is 855. The number of aliphatic hydroxyl groups excluding tert-OH is 3. The molecular weight excluding hydrogens is 312 g/mol. The average molecular weight is 324 g/mol. The van der Waals surface area contributed by atoms with Crippen LogP contribution in [0.3, 0.4) is 0 Å². The molecule has 1 aliphatic rings. The van der Waals surface area contributed by atoms with Crippen LogP contribution in [0.15, 0.2) is 9.91 Å². The number of fused-ring (bicyclic) bond motifs is 1. The molecule has 0 amide bonds. The first-order valence-electron chi connectivity index (χ1n) is 6.43. The van der Waals surface area contributed by atoms with E-state index in [-0.39, 0.29) is 23.1 Å². The molecule has 0 aliphatic carbocycles. The maximum atomic E-state index is 11.9. The number of imidazole rings is 1. The molecule has 23 heavy (non-hydrogen) atoms. The van der Waals surface area contributed by atoms with Crippen molar-refractivity contribution in [3.8, 4) is 0 Å². The molecule has 0 spiro atoms. The Balaban J connectivity index is 2.25. The van der Waals surface area contributed by atoms with Crippen LogP contribution in [0.25, 0.3) is 21.6 Å². The summed E-state index contributed by atoms with van der Waals surface area (Å²) in [7, 11) is 0. The van der Waals surface area contributed by atoms with Gasteiger partial charge in [-0.25, -0.2) is 4.98 Å². The number of H-pyrrole nitrogens is 1. The van der Waals surface area contributed by atoms with Crippen LogP contribution in [0.2, 0.25) is 0 Å². The summed E-state index contributed by atoms with van der Waals surface area (Å²) in [5.74, 6) is -0.524. The number of nitrogens with two attached hydrogens (primary N) is 1. The summed E-state index contributed by atoms with van der Waals surface area (Å²) >= 11 is 0. The van der Waals surface area contributed by atoms with E-state index in [1.54, 1.807) is 0 Å². The molecule has 13 heteroatoms. The van der Waals surface area contributed by atoms with Gasteiger partial charge in [-0.3, -0.25) is 14.3 Å². The number of aromatic amines is 1. The van der Waals surface area contributed by atoms with E-state index in [0.29, 0.717) is 0 Å². The first-order valence-corrected chi connectivity index (χ1v) is 6.43. The smallest absolute Gasteiger partial charge is 0.280 e. The van der Waals surface area contributed by atoms with Crippen molar-refractivity contribution in [1.29, 1.82) is 0 Å². The normalized spacial score (nSPS) is 27.3. The fraction of sp³-hybridized carbons (Fsp3) is 0.500. The molecule has 4 atom stereocenters. The average Bonchev–Trinajstić information content (AvgIpc) is 2.99. The Kier molecular flexibility index (Phi) is 3.63. The van der Waals surface area contributed by atoms with Crippen LogP contribution in [0.1, 0.15) is 6.23 Å². The van der Waals surface area contributed by atoms with Gasteiger partial charge in [0.15, 0.2) is 17.4 Å². The summed E-state index contributed by atoms with van der Waals surface area (Å²) < 4.78 is 6.40. The number of nitrogens with zero attached hydrogens (tertiary/aromatic N) is 6. The van der Waals surface area contributed by atoms with Crippen molar-refractivity contribution in [3.63, 3.8) is 0 Å². The molecule has 3 heterocycles. The number of nitrogen functional groups attached to an aromatic ring is 1. The molecule has 0 radical (unpaired) electrons. The van der Waals surface area contributed by atoms with Crippen LogP contribution in [-0.4, -0.2) is 59.8 Å². The summed E-state index contributed by atoms with van der Waals surface area (Å²) in [6, 6.07) is 0. The van der Waals surface area contributed by atoms with Gasteiger partial charge in [-0.2, -0.15) is 4.98 Å². The van der Waals surface area contributed by atoms with Gasteiger partial charge in [0.1, 0.15) is 18.3 Å². The highest BCUT2D eigenvalue weighted by Crippen LogP contribution is 2.34.